The summed E-state index contributed by atoms with van der Waals surface area (Å²) in [5.74, 6) is 0.104. The molecule has 0 N–H and O–H groups in total. The van der Waals surface area contributed by atoms with Gasteiger partial charge in [-0.3, -0.25) is 9.59 Å². The van der Waals surface area contributed by atoms with Gasteiger partial charge in [0, 0.05) is 17.8 Å². The second-order valence-corrected chi connectivity index (χ2v) is 4.61. The molecule has 0 aromatic rings. The lowest BCUT2D eigenvalue weighted by molar-refractivity contribution is -0.121. The lowest BCUT2D eigenvalue weighted by Crippen LogP contribution is -2.21. The topological polar surface area (TPSA) is 119 Å². The number of Topliss-reactive ketones (excluding diaryl/α,β-unsaturated/α-hetero) is 2. The van der Waals surface area contributed by atoms with E-state index in [1.165, 1.54) is 0 Å². The summed E-state index contributed by atoms with van der Waals surface area (Å²) >= 11 is 0. The molecule has 0 saturated heterocycles. The van der Waals surface area contributed by atoms with Gasteiger partial charge < -0.3 is 5.53 Å². The lowest BCUT2D eigenvalue weighted by Gasteiger charge is -2.14. The maximum atomic E-state index is 10.9. The van der Waals surface area contributed by atoms with Crippen LogP contribution in [-0.4, -0.2) is 28.1 Å². The highest BCUT2D eigenvalue weighted by Gasteiger charge is 2.23. The molecule has 2 aliphatic rings. The zero-order valence-corrected chi connectivity index (χ0v) is 10.8. The van der Waals surface area contributed by atoms with E-state index in [1.54, 1.807) is 0 Å². The van der Waals surface area contributed by atoms with Gasteiger partial charge >= 0.3 is 5.71 Å². The first-order valence-electron chi connectivity index (χ1n) is 6.50. The number of ketones is 2. The fourth-order valence-corrected chi connectivity index (χ4v) is 2.12. The minimum Gasteiger partial charge on any atom is -0.361 e. The summed E-state index contributed by atoms with van der Waals surface area (Å²) in [6.45, 7) is 0. The average Bonchev–Trinajstić information content (AvgIpc) is 2.43. The molecule has 118 valence electrons. The van der Waals surface area contributed by atoms with Crippen LogP contribution in [0.25, 0.3) is 16.0 Å². The zero-order chi connectivity index (χ0) is 14.1. The Morgan fingerprint density at radius 3 is 2.05 bits per heavy atom. The number of azide groups is 1. The minimum absolute atomic E-state index is 0. The van der Waals surface area contributed by atoms with Crippen molar-refractivity contribution in [3.8, 4) is 0 Å². The summed E-state index contributed by atoms with van der Waals surface area (Å²) in [5, 5.41) is 3.40. The summed E-state index contributed by atoms with van der Waals surface area (Å²) in [5.41, 5.74) is 16.6. The van der Waals surface area contributed by atoms with Gasteiger partial charge in [0.15, 0.2) is 0 Å². The van der Waals surface area contributed by atoms with Gasteiger partial charge in [0.25, 0.3) is 0 Å². The molecule has 2 rings (SSSR count). The summed E-state index contributed by atoms with van der Waals surface area (Å²) in [6.07, 6.45) is 6.41. The van der Waals surface area contributed by atoms with Gasteiger partial charge in [0.2, 0.25) is 5.78 Å². The van der Waals surface area contributed by atoms with Crippen molar-refractivity contribution >= 4 is 17.3 Å². The second kappa shape index (κ2) is 11.8. The van der Waals surface area contributed by atoms with Crippen LogP contribution in [0.1, 0.15) is 66.2 Å². The second-order valence-electron chi connectivity index (χ2n) is 4.61. The molecule has 7 heteroatoms. The third kappa shape index (κ3) is 7.40. The highest BCUT2D eigenvalue weighted by atomic mass is 16.1. The first-order valence-corrected chi connectivity index (χ1v) is 6.50. The van der Waals surface area contributed by atoms with E-state index in [2.05, 4.69) is 14.8 Å². The van der Waals surface area contributed by atoms with Gasteiger partial charge in [-0.05, 0) is 31.2 Å². The number of carbonyl (C=O) groups is 2. The molecule has 2 fully saturated rings. The number of rotatable bonds is 1. The van der Waals surface area contributed by atoms with Crippen molar-refractivity contribution < 1.29 is 14.4 Å². The number of hydrogen-bond donors (Lipinski definition) is 0. The van der Waals surface area contributed by atoms with E-state index in [0.29, 0.717) is 25.0 Å². The first-order chi connectivity index (χ1) is 9.19. The Labute approximate surface area is 126 Å². The van der Waals surface area contributed by atoms with Crippen molar-refractivity contribution in [3.63, 3.8) is 0 Å². The predicted octanol–water partition coefficient (Wildman–Crippen LogP) is 3.88. The standard InChI is InChI=1S/C6H9N3O.C6H8N2O.2CH4/c7-9-8-5-3-1-2-4-6(5)10;7-8-5-3-1-2-4-6(5)9;;/h5H,1-4H2;1-4H2;2*1H4. The van der Waals surface area contributed by atoms with Crippen LogP contribution in [-0.2, 0) is 9.59 Å². The van der Waals surface area contributed by atoms with E-state index >= 15 is 0 Å². The third-order valence-corrected chi connectivity index (χ3v) is 3.22. The molecule has 0 radical (unpaired) electrons. The number of nitrogens with zero attached hydrogens (tertiary/aromatic N) is 5. The van der Waals surface area contributed by atoms with Crippen LogP contribution in [0.15, 0.2) is 5.11 Å². The van der Waals surface area contributed by atoms with Crippen molar-refractivity contribution in [2.24, 2.45) is 5.11 Å². The van der Waals surface area contributed by atoms with Crippen molar-refractivity contribution in [2.75, 3.05) is 0 Å². The number of hydrogen-bond acceptors (Lipinski definition) is 3. The van der Waals surface area contributed by atoms with E-state index in [-0.39, 0.29) is 32.5 Å². The minimum atomic E-state index is -0.362. The molecule has 7 nitrogen and oxygen atoms in total. The van der Waals surface area contributed by atoms with Crippen LogP contribution in [0.3, 0.4) is 0 Å². The quantitative estimate of drug-likeness (QED) is 0.414. The van der Waals surface area contributed by atoms with E-state index < -0.39 is 0 Å². The van der Waals surface area contributed by atoms with Gasteiger partial charge in [0.1, 0.15) is 5.78 Å². The SMILES string of the molecule is C.C.[N-]=[N+]=C1CCCCC1=O.[N-]=[N+]=NC1CCCCC1=O. The maximum Gasteiger partial charge on any atom is 0.334 e. The monoisotopic (exact) mass is 295 g/mol. The Balaban J connectivity index is 0. The maximum absolute atomic E-state index is 10.9. The molecule has 1 atom stereocenters. The molecule has 0 spiro atoms. The fourth-order valence-electron chi connectivity index (χ4n) is 2.12. The van der Waals surface area contributed by atoms with Crippen LogP contribution in [0, 0.1) is 0 Å². The third-order valence-electron chi connectivity index (χ3n) is 3.22. The highest BCUT2D eigenvalue weighted by molar-refractivity contribution is 6.37. The molecule has 2 saturated carbocycles. The van der Waals surface area contributed by atoms with Crippen LogP contribution in [0.5, 0.6) is 0 Å². The van der Waals surface area contributed by atoms with Crippen LogP contribution >= 0.6 is 0 Å². The first kappa shape index (κ1) is 21.3. The van der Waals surface area contributed by atoms with E-state index in [9.17, 15) is 9.59 Å². The summed E-state index contributed by atoms with van der Waals surface area (Å²) in [4.78, 5) is 27.2. The largest absolute Gasteiger partial charge is 0.361 e. The van der Waals surface area contributed by atoms with Crippen LogP contribution in [0.2, 0.25) is 0 Å². The van der Waals surface area contributed by atoms with Crippen molar-refractivity contribution in [1.82, 2.24) is 0 Å². The van der Waals surface area contributed by atoms with E-state index in [0.717, 1.165) is 32.1 Å². The number of carbonyl (C=O) groups excluding carboxylic acids is 2. The summed E-state index contributed by atoms with van der Waals surface area (Å²) in [7, 11) is 0. The molecule has 0 amide bonds. The normalized spacial score (nSPS) is 20.6. The van der Waals surface area contributed by atoms with E-state index in [1.807, 2.05) is 0 Å². The molecule has 21 heavy (non-hydrogen) atoms. The summed E-state index contributed by atoms with van der Waals surface area (Å²) < 4.78 is 0. The Bertz CT molecular complexity index is 448. The Kier molecular flexibility index (Phi) is 12.0. The lowest BCUT2D eigenvalue weighted by atomic mass is 9.95. The van der Waals surface area contributed by atoms with Crippen molar-refractivity contribution in [3.05, 3.63) is 16.0 Å². The fraction of sp³-hybridized carbons (Fsp3) is 0.786. The molecule has 0 heterocycles. The Hall–Kier alpha value is -1.97. The van der Waals surface area contributed by atoms with Crippen LogP contribution in [0.4, 0.5) is 0 Å². The Morgan fingerprint density at radius 1 is 0.952 bits per heavy atom. The van der Waals surface area contributed by atoms with Gasteiger partial charge in [-0.25, -0.2) is 0 Å². The molecule has 0 aromatic carbocycles. The van der Waals surface area contributed by atoms with Gasteiger partial charge in [-0.1, -0.05) is 26.4 Å². The molecule has 0 aliphatic heterocycles. The predicted molar refractivity (Wildman–Crippen MR) is 82.0 cm³/mol. The molecule has 0 bridgehead atoms. The molecule has 2 aliphatic carbocycles. The molecule has 1 unspecified atom stereocenters. The van der Waals surface area contributed by atoms with Gasteiger partial charge in [0.05, 0.1) is 12.5 Å². The van der Waals surface area contributed by atoms with Gasteiger partial charge in [-0.2, -0.15) is 4.79 Å². The highest BCUT2D eigenvalue weighted by Crippen LogP contribution is 2.17. The van der Waals surface area contributed by atoms with Crippen molar-refractivity contribution in [2.45, 2.75) is 72.3 Å². The smallest absolute Gasteiger partial charge is 0.334 e. The van der Waals surface area contributed by atoms with Gasteiger partial charge in [-0.15, -0.1) is 0 Å². The zero-order valence-electron chi connectivity index (χ0n) is 10.8. The average molecular weight is 295 g/mol. The molecular formula is C14H25N5O2. The van der Waals surface area contributed by atoms with Crippen LogP contribution < -0.4 is 0 Å². The Morgan fingerprint density at radius 2 is 1.57 bits per heavy atom. The molecule has 0 aromatic heterocycles. The van der Waals surface area contributed by atoms with E-state index in [4.69, 9.17) is 11.1 Å². The van der Waals surface area contributed by atoms with Crippen molar-refractivity contribution in [1.29, 1.82) is 0 Å². The summed E-state index contributed by atoms with van der Waals surface area (Å²) in [6, 6.07) is -0.362. The molecular weight excluding hydrogens is 270 g/mol.